The van der Waals surface area contributed by atoms with Crippen molar-refractivity contribution in [2.45, 2.75) is 85.1 Å². The van der Waals surface area contributed by atoms with Crippen molar-refractivity contribution in [2.24, 2.45) is 11.3 Å². The van der Waals surface area contributed by atoms with Crippen LogP contribution in [-0.4, -0.2) is 47.7 Å². The summed E-state index contributed by atoms with van der Waals surface area (Å²) in [6.07, 6.45) is 0.306. The minimum atomic E-state index is -1.09. The zero-order valence-corrected chi connectivity index (χ0v) is 23.9. The SMILES string of the molecule is CCC(CC)NC(=O)C[C@@H](C(=O)NC[C@@H](O)[C@H](Cc1ccccc1)NC(=O)OCc1ccccc1)C(C)(C)C. The molecule has 0 aliphatic carbocycles. The van der Waals surface area contributed by atoms with Gasteiger partial charge in [-0.2, -0.15) is 0 Å². The van der Waals surface area contributed by atoms with Crippen LogP contribution in [0.4, 0.5) is 4.79 Å². The Bertz CT molecular complexity index is 1020. The number of carbonyl (C=O) groups excluding carboxylic acids is 3. The lowest BCUT2D eigenvalue weighted by atomic mass is 9.78. The molecule has 214 valence electrons. The zero-order valence-electron chi connectivity index (χ0n) is 23.9. The van der Waals surface area contributed by atoms with Crippen LogP contribution in [0.15, 0.2) is 60.7 Å². The molecule has 0 aromatic heterocycles. The Morgan fingerprint density at radius 3 is 1.97 bits per heavy atom. The first kappa shape index (κ1) is 31.8. The number of benzene rings is 2. The molecule has 0 heterocycles. The molecule has 3 amide bonds. The van der Waals surface area contributed by atoms with Gasteiger partial charge in [0.15, 0.2) is 0 Å². The van der Waals surface area contributed by atoms with Gasteiger partial charge in [-0.05, 0) is 35.8 Å². The Morgan fingerprint density at radius 1 is 0.872 bits per heavy atom. The third kappa shape index (κ3) is 11.5. The average molecular weight is 540 g/mol. The smallest absolute Gasteiger partial charge is 0.407 e. The number of hydrogen-bond donors (Lipinski definition) is 4. The number of rotatable bonds is 14. The molecule has 0 aliphatic heterocycles. The van der Waals surface area contributed by atoms with E-state index in [0.29, 0.717) is 6.42 Å². The predicted octanol–water partition coefficient (Wildman–Crippen LogP) is 4.36. The van der Waals surface area contributed by atoms with E-state index in [1.807, 2.05) is 95.3 Å². The van der Waals surface area contributed by atoms with Gasteiger partial charge in [-0.1, -0.05) is 95.3 Å². The van der Waals surface area contributed by atoms with Gasteiger partial charge in [-0.15, -0.1) is 0 Å². The van der Waals surface area contributed by atoms with Crippen molar-refractivity contribution >= 4 is 17.9 Å². The first-order chi connectivity index (χ1) is 18.5. The molecule has 2 aromatic rings. The van der Waals surface area contributed by atoms with Gasteiger partial charge in [0, 0.05) is 19.0 Å². The van der Waals surface area contributed by atoms with Crippen LogP contribution in [-0.2, 0) is 27.4 Å². The molecule has 8 heteroatoms. The van der Waals surface area contributed by atoms with Crippen LogP contribution in [0.2, 0.25) is 0 Å². The molecule has 0 unspecified atom stereocenters. The van der Waals surface area contributed by atoms with Gasteiger partial charge >= 0.3 is 6.09 Å². The van der Waals surface area contributed by atoms with Crippen molar-refractivity contribution < 1.29 is 24.2 Å². The summed E-state index contributed by atoms with van der Waals surface area (Å²) >= 11 is 0. The molecule has 0 fully saturated rings. The standard InChI is InChI=1S/C31H45N3O5/c1-6-24(7-2)33-28(36)19-25(31(3,4)5)29(37)32-20-27(35)26(18-22-14-10-8-11-15-22)34-30(38)39-21-23-16-12-9-13-17-23/h8-17,24-27,35H,6-7,18-21H2,1-5H3,(H,32,37)(H,33,36)(H,34,38)/t25-,26-,27+/m0/s1. The van der Waals surface area contributed by atoms with E-state index < -0.39 is 29.6 Å². The number of hydrogen-bond acceptors (Lipinski definition) is 5. The minimum Gasteiger partial charge on any atom is -0.445 e. The second kappa shape index (κ2) is 15.9. The zero-order chi connectivity index (χ0) is 28.8. The fraction of sp³-hybridized carbons (Fsp3) is 0.516. The Kier molecular flexibility index (Phi) is 13.0. The molecule has 8 nitrogen and oxygen atoms in total. The monoisotopic (exact) mass is 539 g/mol. The highest BCUT2D eigenvalue weighted by molar-refractivity contribution is 5.86. The van der Waals surface area contributed by atoms with E-state index >= 15 is 0 Å². The quantitative estimate of drug-likeness (QED) is 0.285. The molecule has 0 saturated carbocycles. The van der Waals surface area contributed by atoms with E-state index in [0.717, 1.165) is 24.0 Å². The Balaban J connectivity index is 2.04. The van der Waals surface area contributed by atoms with Crippen LogP contribution in [0.5, 0.6) is 0 Å². The first-order valence-electron chi connectivity index (χ1n) is 13.8. The molecule has 0 bridgehead atoms. The lowest BCUT2D eigenvalue weighted by molar-refractivity contribution is -0.134. The van der Waals surface area contributed by atoms with Gasteiger partial charge in [-0.25, -0.2) is 4.79 Å². The van der Waals surface area contributed by atoms with E-state index in [2.05, 4.69) is 16.0 Å². The molecule has 4 N–H and O–H groups in total. The summed E-state index contributed by atoms with van der Waals surface area (Å²) in [7, 11) is 0. The second-order valence-corrected chi connectivity index (χ2v) is 11.0. The van der Waals surface area contributed by atoms with Crippen LogP contribution in [0, 0.1) is 11.3 Å². The summed E-state index contributed by atoms with van der Waals surface area (Å²) in [5.74, 6) is -1.06. The van der Waals surface area contributed by atoms with Crippen LogP contribution in [0.1, 0.15) is 65.0 Å². The predicted molar refractivity (Wildman–Crippen MR) is 153 cm³/mol. The Labute approximate surface area is 232 Å². The number of carbonyl (C=O) groups is 3. The van der Waals surface area contributed by atoms with Gasteiger partial charge in [0.05, 0.1) is 18.1 Å². The topological polar surface area (TPSA) is 117 Å². The molecule has 0 aliphatic rings. The van der Waals surface area contributed by atoms with Gasteiger partial charge < -0.3 is 25.8 Å². The van der Waals surface area contributed by atoms with Crippen molar-refractivity contribution in [3.05, 3.63) is 71.8 Å². The summed E-state index contributed by atoms with van der Waals surface area (Å²) in [6.45, 7) is 9.80. The number of nitrogens with one attached hydrogen (secondary N) is 3. The highest BCUT2D eigenvalue weighted by Crippen LogP contribution is 2.29. The highest BCUT2D eigenvalue weighted by atomic mass is 16.5. The average Bonchev–Trinajstić information content (AvgIpc) is 2.92. The van der Waals surface area contributed by atoms with Gasteiger partial charge in [0.25, 0.3) is 0 Å². The van der Waals surface area contributed by atoms with Crippen molar-refractivity contribution in [1.82, 2.24) is 16.0 Å². The molecule has 3 atom stereocenters. The van der Waals surface area contributed by atoms with Crippen molar-refractivity contribution in [3.8, 4) is 0 Å². The normalized spacial score (nSPS) is 13.7. The molecule has 2 aromatic carbocycles. The van der Waals surface area contributed by atoms with Gasteiger partial charge in [0.2, 0.25) is 11.8 Å². The van der Waals surface area contributed by atoms with Crippen molar-refractivity contribution in [2.75, 3.05) is 6.54 Å². The Hall–Kier alpha value is -3.39. The third-order valence-electron chi connectivity index (χ3n) is 6.87. The molecule has 0 radical (unpaired) electrons. The van der Waals surface area contributed by atoms with Crippen LogP contribution < -0.4 is 16.0 Å². The summed E-state index contributed by atoms with van der Waals surface area (Å²) in [5, 5.41) is 19.6. The minimum absolute atomic E-state index is 0.0550. The van der Waals surface area contributed by atoms with Crippen LogP contribution in [0.25, 0.3) is 0 Å². The maximum Gasteiger partial charge on any atom is 0.407 e. The van der Waals surface area contributed by atoms with Crippen LogP contribution in [0.3, 0.4) is 0 Å². The third-order valence-corrected chi connectivity index (χ3v) is 6.87. The lowest BCUT2D eigenvalue weighted by Crippen LogP contribution is -2.51. The summed E-state index contributed by atoms with van der Waals surface area (Å²) < 4.78 is 5.36. The summed E-state index contributed by atoms with van der Waals surface area (Å²) in [6, 6.07) is 18.2. The summed E-state index contributed by atoms with van der Waals surface area (Å²) in [5.41, 5.74) is 1.30. The van der Waals surface area contributed by atoms with E-state index in [-0.39, 0.29) is 37.4 Å². The van der Waals surface area contributed by atoms with E-state index in [1.54, 1.807) is 0 Å². The number of alkyl carbamates (subject to hydrolysis) is 1. The molecule has 0 saturated heterocycles. The van der Waals surface area contributed by atoms with E-state index in [9.17, 15) is 19.5 Å². The largest absolute Gasteiger partial charge is 0.445 e. The maximum absolute atomic E-state index is 13.2. The number of aliphatic hydroxyl groups is 1. The molecular formula is C31H45N3O5. The number of aliphatic hydroxyl groups excluding tert-OH is 1. The van der Waals surface area contributed by atoms with Crippen LogP contribution >= 0.6 is 0 Å². The van der Waals surface area contributed by atoms with Gasteiger partial charge in [0.1, 0.15) is 6.61 Å². The van der Waals surface area contributed by atoms with Gasteiger partial charge in [-0.3, -0.25) is 9.59 Å². The van der Waals surface area contributed by atoms with Crippen molar-refractivity contribution in [1.29, 1.82) is 0 Å². The maximum atomic E-state index is 13.2. The molecule has 39 heavy (non-hydrogen) atoms. The molecule has 2 rings (SSSR count). The Morgan fingerprint density at radius 2 is 1.44 bits per heavy atom. The second-order valence-electron chi connectivity index (χ2n) is 11.0. The molecular weight excluding hydrogens is 494 g/mol. The fourth-order valence-electron chi connectivity index (χ4n) is 4.30. The first-order valence-corrected chi connectivity index (χ1v) is 13.8. The highest BCUT2D eigenvalue weighted by Gasteiger charge is 2.34. The lowest BCUT2D eigenvalue weighted by Gasteiger charge is -2.31. The summed E-state index contributed by atoms with van der Waals surface area (Å²) in [4.78, 5) is 38.5. The fourth-order valence-corrected chi connectivity index (χ4v) is 4.30. The van der Waals surface area contributed by atoms with E-state index in [4.69, 9.17) is 4.74 Å². The number of ether oxygens (including phenoxy) is 1. The van der Waals surface area contributed by atoms with Crippen molar-refractivity contribution in [3.63, 3.8) is 0 Å². The van der Waals surface area contributed by atoms with E-state index in [1.165, 1.54) is 0 Å². The molecule has 0 spiro atoms. The number of amides is 3.